The minimum absolute atomic E-state index is 0.0143. The molecule has 3 atom stereocenters. The molecular weight excluding hydrogens is 467 g/mol. The molecule has 2 aromatic heterocycles. The van der Waals surface area contributed by atoms with Crippen molar-refractivity contribution in [2.45, 2.75) is 58.1 Å². The van der Waals surface area contributed by atoms with Crippen LogP contribution in [0.4, 0.5) is 13.2 Å². The second-order valence-corrected chi connectivity index (χ2v) is 9.54. The van der Waals surface area contributed by atoms with Gasteiger partial charge in [-0.1, -0.05) is 6.92 Å². The molecule has 190 valence electrons. The molecule has 1 saturated carbocycles. The number of rotatable bonds is 8. The number of nitrogens with zero attached hydrogens (tertiary/aromatic N) is 2. The van der Waals surface area contributed by atoms with E-state index in [0.29, 0.717) is 12.5 Å². The van der Waals surface area contributed by atoms with Crippen LogP contribution in [0, 0.1) is 23.4 Å². The van der Waals surface area contributed by atoms with Crippen molar-refractivity contribution >= 4 is 5.78 Å². The SMILES string of the molecule is CCOCc1cc(F)c(-c2nc(C(=O)Cc3cnccc3[C@@H]3C[C@H](C)C[C@H](N)C3)ccc2F)c(F)c1. The largest absolute Gasteiger partial charge is 0.377 e. The van der Waals surface area contributed by atoms with Crippen LogP contribution in [0.5, 0.6) is 0 Å². The van der Waals surface area contributed by atoms with Gasteiger partial charge in [-0.2, -0.15) is 0 Å². The van der Waals surface area contributed by atoms with Gasteiger partial charge in [-0.05, 0) is 85.0 Å². The normalized spacial score (nSPS) is 19.9. The van der Waals surface area contributed by atoms with E-state index in [-0.39, 0.29) is 36.2 Å². The summed E-state index contributed by atoms with van der Waals surface area (Å²) >= 11 is 0. The number of nitrogens with two attached hydrogens (primary N) is 1. The molecule has 1 fully saturated rings. The van der Waals surface area contributed by atoms with Crippen molar-refractivity contribution in [3.05, 3.63) is 82.6 Å². The molecule has 0 aliphatic heterocycles. The fraction of sp³-hybridized carbons (Fsp3) is 0.393. The number of carbonyl (C=O) groups is 1. The first kappa shape index (κ1) is 26.0. The highest BCUT2D eigenvalue weighted by atomic mass is 19.1. The number of aromatic nitrogens is 2. The molecule has 0 bridgehead atoms. The monoisotopic (exact) mass is 497 g/mol. The summed E-state index contributed by atoms with van der Waals surface area (Å²) in [6.45, 7) is 4.35. The predicted molar refractivity (Wildman–Crippen MR) is 131 cm³/mol. The number of Topliss-reactive ketones (excluding diaryl/α,β-unsaturated/α-hetero) is 1. The predicted octanol–water partition coefficient (Wildman–Crippen LogP) is 5.75. The first-order valence-corrected chi connectivity index (χ1v) is 12.2. The van der Waals surface area contributed by atoms with Gasteiger partial charge in [0.2, 0.25) is 0 Å². The average molecular weight is 498 g/mol. The van der Waals surface area contributed by atoms with Gasteiger partial charge in [0.1, 0.15) is 28.8 Å². The van der Waals surface area contributed by atoms with Crippen LogP contribution >= 0.6 is 0 Å². The third kappa shape index (κ3) is 5.82. The molecule has 2 N–H and O–H groups in total. The van der Waals surface area contributed by atoms with E-state index < -0.39 is 34.5 Å². The summed E-state index contributed by atoms with van der Waals surface area (Å²) in [6, 6.07) is 6.42. The molecule has 4 rings (SSSR count). The van der Waals surface area contributed by atoms with E-state index >= 15 is 0 Å². The van der Waals surface area contributed by atoms with E-state index in [0.717, 1.165) is 48.6 Å². The van der Waals surface area contributed by atoms with Crippen molar-refractivity contribution in [1.29, 1.82) is 0 Å². The van der Waals surface area contributed by atoms with Crippen LogP contribution in [0.15, 0.2) is 42.7 Å². The molecule has 1 aliphatic rings. The minimum atomic E-state index is -0.974. The molecule has 3 aromatic rings. The van der Waals surface area contributed by atoms with Gasteiger partial charge in [-0.3, -0.25) is 9.78 Å². The number of ether oxygens (including phenoxy) is 1. The summed E-state index contributed by atoms with van der Waals surface area (Å²) in [6.07, 6.45) is 6.10. The maximum atomic E-state index is 14.8. The molecule has 0 radical (unpaired) electrons. The summed E-state index contributed by atoms with van der Waals surface area (Å²) in [5.74, 6) is -2.58. The Hall–Kier alpha value is -3.10. The van der Waals surface area contributed by atoms with Gasteiger partial charge in [-0.25, -0.2) is 18.2 Å². The lowest BCUT2D eigenvalue weighted by Crippen LogP contribution is -2.31. The van der Waals surface area contributed by atoms with E-state index in [2.05, 4.69) is 16.9 Å². The number of carbonyl (C=O) groups excluding carboxylic acids is 1. The van der Waals surface area contributed by atoms with Gasteiger partial charge in [0.05, 0.1) is 12.2 Å². The maximum absolute atomic E-state index is 14.8. The van der Waals surface area contributed by atoms with Crippen LogP contribution in [0.2, 0.25) is 0 Å². The van der Waals surface area contributed by atoms with Crippen LogP contribution in [0.3, 0.4) is 0 Å². The third-order valence-electron chi connectivity index (χ3n) is 6.65. The lowest BCUT2D eigenvalue weighted by atomic mass is 9.75. The number of ketones is 1. The highest BCUT2D eigenvalue weighted by Crippen LogP contribution is 2.37. The molecule has 1 aromatic carbocycles. The Morgan fingerprint density at radius 3 is 2.53 bits per heavy atom. The Balaban J connectivity index is 1.62. The van der Waals surface area contributed by atoms with Gasteiger partial charge >= 0.3 is 0 Å². The lowest BCUT2D eigenvalue weighted by Gasteiger charge is -2.32. The number of pyridine rings is 2. The molecule has 8 heteroatoms. The van der Waals surface area contributed by atoms with E-state index in [1.165, 1.54) is 6.07 Å². The van der Waals surface area contributed by atoms with Gasteiger partial charge in [0.15, 0.2) is 5.78 Å². The van der Waals surface area contributed by atoms with Crippen LogP contribution < -0.4 is 5.73 Å². The Morgan fingerprint density at radius 2 is 1.83 bits per heavy atom. The van der Waals surface area contributed by atoms with E-state index in [9.17, 15) is 18.0 Å². The molecule has 0 unspecified atom stereocenters. The van der Waals surface area contributed by atoms with Crippen molar-refractivity contribution in [3.63, 3.8) is 0 Å². The summed E-state index contributed by atoms with van der Waals surface area (Å²) in [7, 11) is 0. The Morgan fingerprint density at radius 1 is 1.08 bits per heavy atom. The lowest BCUT2D eigenvalue weighted by molar-refractivity contribution is 0.0987. The quantitative estimate of drug-likeness (QED) is 0.401. The van der Waals surface area contributed by atoms with Crippen molar-refractivity contribution in [3.8, 4) is 11.3 Å². The second kappa shape index (κ2) is 11.3. The fourth-order valence-corrected chi connectivity index (χ4v) is 5.09. The average Bonchev–Trinajstić information content (AvgIpc) is 2.83. The number of benzene rings is 1. The highest BCUT2D eigenvalue weighted by molar-refractivity contribution is 5.96. The summed E-state index contributed by atoms with van der Waals surface area (Å²) in [5.41, 5.74) is 7.05. The van der Waals surface area contributed by atoms with E-state index in [1.54, 1.807) is 19.3 Å². The van der Waals surface area contributed by atoms with Crippen LogP contribution in [0.1, 0.15) is 66.2 Å². The van der Waals surface area contributed by atoms with Crippen LogP contribution in [-0.2, 0) is 17.8 Å². The summed E-state index contributed by atoms with van der Waals surface area (Å²) < 4.78 is 49.4. The fourth-order valence-electron chi connectivity index (χ4n) is 5.09. The van der Waals surface area contributed by atoms with E-state index in [4.69, 9.17) is 10.5 Å². The van der Waals surface area contributed by atoms with Crippen molar-refractivity contribution < 1.29 is 22.7 Å². The van der Waals surface area contributed by atoms with E-state index in [1.807, 2.05) is 6.07 Å². The molecule has 5 nitrogen and oxygen atoms in total. The summed E-state index contributed by atoms with van der Waals surface area (Å²) in [5, 5.41) is 0. The van der Waals surface area contributed by atoms with Crippen molar-refractivity contribution in [2.75, 3.05) is 6.61 Å². The molecular formula is C28H30F3N3O2. The Kier molecular flexibility index (Phi) is 8.16. The molecule has 0 spiro atoms. The molecule has 1 aliphatic carbocycles. The molecule has 2 heterocycles. The third-order valence-corrected chi connectivity index (χ3v) is 6.65. The second-order valence-electron chi connectivity index (χ2n) is 9.54. The topological polar surface area (TPSA) is 78.1 Å². The highest BCUT2D eigenvalue weighted by Gasteiger charge is 2.28. The number of hydrogen-bond donors (Lipinski definition) is 1. The zero-order chi connectivity index (χ0) is 25.8. The first-order chi connectivity index (χ1) is 17.3. The van der Waals surface area contributed by atoms with Gasteiger partial charge in [0, 0.05) is 31.5 Å². The van der Waals surface area contributed by atoms with Crippen LogP contribution in [0.25, 0.3) is 11.3 Å². The Bertz CT molecular complexity index is 1220. The first-order valence-electron chi connectivity index (χ1n) is 12.2. The van der Waals surface area contributed by atoms with Crippen molar-refractivity contribution in [2.24, 2.45) is 11.7 Å². The molecule has 0 saturated heterocycles. The van der Waals surface area contributed by atoms with Crippen molar-refractivity contribution in [1.82, 2.24) is 9.97 Å². The molecule has 0 amide bonds. The number of hydrogen-bond acceptors (Lipinski definition) is 5. The van der Waals surface area contributed by atoms with Gasteiger partial charge < -0.3 is 10.5 Å². The van der Waals surface area contributed by atoms with Gasteiger partial charge in [-0.15, -0.1) is 0 Å². The zero-order valence-electron chi connectivity index (χ0n) is 20.4. The van der Waals surface area contributed by atoms with Crippen LogP contribution in [-0.4, -0.2) is 28.4 Å². The maximum Gasteiger partial charge on any atom is 0.185 e. The summed E-state index contributed by atoms with van der Waals surface area (Å²) in [4.78, 5) is 21.4. The minimum Gasteiger partial charge on any atom is -0.377 e. The Labute approximate surface area is 208 Å². The zero-order valence-corrected chi connectivity index (χ0v) is 20.4. The van der Waals surface area contributed by atoms with Gasteiger partial charge in [0.25, 0.3) is 0 Å². The molecule has 36 heavy (non-hydrogen) atoms. The smallest absolute Gasteiger partial charge is 0.185 e. The standard InChI is InChI=1S/C28H30F3N3O2/c1-3-36-15-17-10-23(30)27(24(31)11-17)28-22(29)4-5-25(34-28)26(35)13-19-14-33-7-6-21(19)18-8-16(2)9-20(32)12-18/h4-7,10-11,14,16,18,20H,3,8-9,12-13,15,32H2,1-2H3/t16-,18+,20-/m0/s1. The number of halogens is 3.